The van der Waals surface area contributed by atoms with Gasteiger partial charge in [0.05, 0.1) is 6.20 Å². The number of oxazole rings is 1. The smallest absolute Gasteiger partial charge is 0.225 e. The molecule has 1 aliphatic heterocycles. The van der Waals surface area contributed by atoms with Crippen molar-refractivity contribution in [2.45, 2.75) is 12.5 Å². The fourth-order valence-electron chi connectivity index (χ4n) is 2.88. The van der Waals surface area contributed by atoms with E-state index in [9.17, 15) is 0 Å². The Kier molecular flexibility index (Phi) is 3.36. The van der Waals surface area contributed by atoms with E-state index in [2.05, 4.69) is 41.2 Å². The molecule has 19 heavy (non-hydrogen) atoms. The zero-order chi connectivity index (χ0) is 13.2. The normalized spacial score (nSPS) is 23.9. The van der Waals surface area contributed by atoms with Gasteiger partial charge >= 0.3 is 0 Å². The van der Waals surface area contributed by atoms with Gasteiger partial charge < -0.3 is 10.2 Å². The van der Waals surface area contributed by atoms with Gasteiger partial charge in [-0.05, 0) is 43.6 Å². The van der Waals surface area contributed by atoms with Gasteiger partial charge in [0.2, 0.25) is 5.89 Å². The van der Waals surface area contributed by atoms with E-state index in [0.717, 1.165) is 25.1 Å². The van der Waals surface area contributed by atoms with Crippen molar-refractivity contribution in [3.63, 3.8) is 0 Å². The molecule has 0 radical (unpaired) electrons. The summed E-state index contributed by atoms with van der Waals surface area (Å²) >= 11 is 0. The van der Waals surface area contributed by atoms with Crippen molar-refractivity contribution in [1.29, 1.82) is 0 Å². The Hall–Kier alpha value is -1.65. The highest BCUT2D eigenvalue weighted by Crippen LogP contribution is 2.34. The number of hydrogen-bond acceptors (Lipinski definition) is 4. The maximum Gasteiger partial charge on any atom is 0.225 e. The number of hydrogen-bond donors (Lipinski definition) is 1. The van der Waals surface area contributed by atoms with Crippen LogP contribution in [0.4, 0.5) is 0 Å². The number of nitrogens with zero attached hydrogens (tertiary/aromatic N) is 2. The van der Waals surface area contributed by atoms with Crippen molar-refractivity contribution in [1.82, 2.24) is 9.88 Å². The highest BCUT2D eigenvalue weighted by atomic mass is 16.3. The van der Waals surface area contributed by atoms with Crippen molar-refractivity contribution < 1.29 is 4.42 Å². The monoisotopic (exact) mass is 257 g/mol. The van der Waals surface area contributed by atoms with Gasteiger partial charge in [-0.25, -0.2) is 4.98 Å². The van der Waals surface area contributed by atoms with Gasteiger partial charge in [-0.2, -0.15) is 0 Å². The van der Waals surface area contributed by atoms with Crippen molar-refractivity contribution >= 4 is 0 Å². The van der Waals surface area contributed by atoms with Crippen LogP contribution >= 0.6 is 0 Å². The molecule has 100 valence electrons. The Morgan fingerprint density at radius 3 is 2.74 bits per heavy atom. The number of rotatable bonds is 3. The van der Waals surface area contributed by atoms with E-state index in [1.807, 2.05) is 0 Å². The Morgan fingerprint density at radius 2 is 2.16 bits per heavy atom. The lowest BCUT2D eigenvalue weighted by atomic mass is 9.99. The molecular weight excluding hydrogens is 238 g/mol. The molecule has 0 spiro atoms. The van der Waals surface area contributed by atoms with Crippen molar-refractivity contribution in [2.75, 3.05) is 20.1 Å². The zero-order valence-electron chi connectivity index (χ0n) is 11.1. The third-order valence-corrected chi connectivity index (χ3v) is 3.94. The number of benzene rings is 1. The zero-order valence-corrected chi connectivity index (χ0v) is 11.1. The average molecular weight is 257 g/mol. The van der Waals surface area contributed by atoms with E-state index in [1.54, 1.807) is 12.5 Å². The highest BCUT2D eigenvalue weighted by Gasteiger charge is 2.29. The van der Waals surface area contributed by atoms with E-state index in [1.165, 1.54) is 5.56 Å². The van der Waals surface area contributed by atoms with Gasteiger partial charge in [0.15, 0.2) is 0 Å². The second kappa shape index (κ2) is 5.15. The molecule has 2 N–H and O–H groups in total. The Labute approximate surface area is 113 Å². The van der Waals surface area contributed by atoms with E-state index in [0.29, 0.717) is 17.9 Å². The predicted molar refractivity (Wildman–Crippen MR) is 74.5 cm³/mol. The fraction of sp³-hybridized carbons (Fsp3) is 0.400. The topological polar surface area (TPSA) is 55.3 Å². The molecule has 4 heteroatoms. The van der Waals surface area contributed by atoms with E-state index in [-0.39, 0.29) is 0 Å². The molecule has 1 aromatic carbocycles. The van der Waals surface area contributed by atoms with Crippen LogP contribution in [0.3, 0.4) is 0 Å². The molecule has 2 heterocycles. The summed E-state index contributed by atoms with van der Waals surface area (Å²) in [5.41, 5.74) is 8.14. The quantitative estimate of drug-likeness (QED) is 0.916. The third kappa shape index (κ3) is 2.41. The van der Waals surface area contributed by atoms with E-state index < -0.39 is 0 Å². The summed E-state index contributed by atoms with van der Waals surface area (Å²) < 4.78 is 5.30. The minimum absolute atomic E-state index is 0.479. The van der Waals surface area contributed by atoms with Crippen LogP contribution in [-0.2, 0) is 0 Å². The molecule has 1 aromatic heterocycles. The van der Waals surface area contributed by atoms with E-state index in [4.69, 9.17) is 10.2 Å². The lowest BCUT2D eigenvalue weighted by Gasteiger charge is -2.19. The van der Waals surface area contributed by atoms with Crippen LogP contribution < -0.4 is 5.73 Å². The highest BCUT2D eigenvalue weighted by molar-refractivity contribution is 5.53. The Bertz CT molecular complexity index is 521. The molecule has 3 rings (SSSR count). The Morgan fingerprint density at radius 1 is 1.37 bits per heavy atom. The van der Waals surface area contributed by atoms with Crippen LogP contribution in [0.25, 0.3) is 11.5 Å². The summed E-state index contributed by atoms with van der Waals surface area (Å²) in [7, 11) is 2.17. The molecule has 4 nitrogen and oxygen atoms in total. The molecule has 1 fully saturated rings. The van der Waals surface area contributed by atoms with Crippen LogP contribution in [-0.4, -0.2) is 30.0 Å². The molecule has 0 amide bonds. The first-order valence-corrected chi connectivity index (χ1v) is 6.68. The lowest BCUT2D eigenvalue weighted by molar-refractivity contribution is 0.313. The van der Waals surface area contributed by atoms with E-state index >= 15 is 0 Å². The van der Waals surface area contributed by atoms with Crippen molar-refractivity contribution in [3.8, 4) is 11.5 Å². The lowest BCUT2D eigenvalue weighted by Crippen LogP contribution is -2.20. The molecular formula is C15H19N3O. The minimum Gasteiger partial charge on any atom is -0.445 e. The molecule has 2 aromatic rings. The van der Waals surface area contributed by atoms with Crippen LogP contribution in [0.5, 0.6) is 0 Å². The first-order valence-electron chi connectivity index (χ1n) is 6.68. The molecule has 0 saturated carbocycles. The summed E-state index contributed by atoms with van der Waals surface area (Å²) in [6.07, 6.45) is 4.41. The number of nitrogens with two attached hydrogens (primary N) is 1. The summed E-state index contributed by atoms with van der Waals surface area (Å²) in [6.45, 7) is 1.86. The van der Waals surface area contributed by atoms with Crippen molar-refractivity contribution in [2.24, 2.45) is 11.7 Å². The molecule has 1 saturated heterocycles. The van der Waals surface area contributed by atoms with Crippen LogP contribution in [0.2, 0.25) is 0 Å². The summed E-state index contributed by atoms with van der Waals surface area (Å²) in [6, 6.07) is 8.96. The van der Waals surface area contributed by atoms with Crippen LogP contribution in [0, 0.1) is 5.92 Å². The van der Waals surface area contributed by atoms with Gasteiger partial charge in [-0.3, -0.25) is 4.90 Å². The standard InChI is InChI=1S/C15H19N3O/c1-18-10-11(9-16)8-14(18)12-2-4-13(5-3-12)15-17-6-7-19-15/h2-7,11,14H,8-10,16H2,1H3. The van der Waals surface area contributed by atoms with Gasteiger partial charge in [0, 0.05) is 18.2 Å². The maximum absolute atomic E-state index is 5.78. The molecule has 2 unspecified atom stereocenters. The Balaban J connectivity index is 1.79. The second-order valence-corrected chi connectivity index (χ2v) is 5.25. The van der Waals surface area contributed by atoms with Crippen LogP contribution in [0.15, 0.2) is 41.1 Å². The predicted octanol–water partition coefficient (Wildman–Crippen LogP) is 2.29. The SMILES string of the molecule is CN1CC(CN)CC1c1ccc(-c2ncco2)cc1. The number of aromatic nitrogens is 1. The minimum atomic E-state index is 0.479. The molecule has 0 aliphatic carbocycles. The average Bonchev–Trinajstić information content (AvgIpc) is 3.08. The van der Waals surface area contributed by atoms with Crippen molar-refractivity contribution in [3.05, 3.63) is 42.3 Å². The summed E-state index contributed by atoms with van der Waals surface area (Å²) in [5.74, 6) is 1.28. The van der Waals surface area contributed by atoms with Gasteiger partial charge in [-0.1, -0.05) is 12.1 Å². The largest absolute Gasteiger partial charge is 0.445 e. The first-order chi connectivity index (χ1) is 9.28. The number of likely N-dealkylation sites (tertiary alicyclic amines) is 1. The second-order valence-electron chi connectivity index (χ2n) is 5.25. The van der Waals surface area contributed by atoms with Gasteiger partial charge in [-0.15, -0.1) is 0 Å². The summed E-state index contributed by atoms with van der Waals surface area (Å²) in [4.78, 5) is 6.55. The molecule has 0 bridgehead atoms. The van der Waals surface area contributed by atoms with Gasteiger partial charge in [0.1, 0.15) is 6.26 Å². The first kappa shape index (κ1) is 12.4. The molecule has 1 aliphatic rings. The molecule has 2 atom stereocenters. The summed E-state index contributed by atoms with van der Waals surface area (Å²) in [5, 5.41) is 0. The van der Waals surface area contributed by atoms with Gasteiger partial charge in [0.25, 0.3) is 0 Å². The maximum atomic E-state index is 5.78. The fourth-order valence-corrected chi connectivity index (χ4v) is 2.88. The third-order valence-electron chi connectivity index (χ3n) is 3.94. The van der Waals surface area contributed by atoms with Crippen LogP contribution in [0.1, 0.15) is 18.0 Å².